The number of rotatable bonds is 3. The summed E-state index contributed by atoms with van der Waals surface area (Å²) in [5.74, 6) is 0.0383. The van der Waals surface area contributed by atoms with Crippen LogP contribution in [-0.4, -0.2) is 29.9 Å². The number of carbonyl (C=O) groups excluding carboxylic acids is 1. The summed E-state index contributed by atoms with van der Waals surface area (Å²) in [7, 11) is 0. The SMILES string of the molecule is CC(=O)N[C@H]1CCCN(Cc2ccc(C#N)cc2Br)C1. The number of nitriles is 1. The van der Waals surface area contributed by atoms with Crippen LogP contribution in [0.3, 0.4) is 0 Å². The minimum Gasteiger partial charge on any atom is -0.352 e. The van der Waals surface area contributed by atoms with Gasteiger partial charge in [0, 0.05) is 30.5 Å². The number of likely N-dealkylation sites (tertiary alicyclic amines) is 1. The van der Waals surface area contributed by atoms with Gasteiger partial charge in [-0.1, -0.05) is 22.0 Å². The maximum absolute atomic E-state index is 11.1. The molecule has 1 atom stereocenters. The molecule has 1 heterocycles. The largest absolute Gasteiger partial charge is 0.352 e. The Morgan fingerprint density at radius 3 is 3.05 bits per heavy atom. The summed E-state index contributed by atoms with van der Waals surface area (Å²) in [6, 6.07) is 8.07. The summed E-state index contributed by atoms with van der Waals surface area (Å²) >= 11 is 3.52. The second-order valence-electron chi connectivity index (χ2n) is 5.19. The van der Waals surface area contributed by atoms with Crippen LogP contribution in [0.5, 0.6) is 0 Å². The summed E-state index contributed by atoms with van der Waals surface area (Å²) in [6.45, 7) is 4.33. The quantitative estimate of drug-likeness (QED) is 0.922. The Kier molecular flexibility index (Phi) is 5.16. The van der Waals surface area contributed by atoms with Gasteiger partial charge in [0.2, 0.25) is 5.91 Å². The standard InChI is InChI=1S/C15H18BrN3O/c1-11(20)18-14-3-2-6-19(10-14)9-13-5-4-12(8-17)7-15(13)16/h4-5,7,14H,2-3,6,9-10H2,1H3,(H,18,20)/t14-/m0/s1. The first-order chi connectivity index (χ1) is 9.58. The molecule has 0 saturated carbocycles. The van der Waals surface area contributed by atoms with E-state index in [1.54, 1.807) is 6.92 Å². The van der Waals surface area contributed by atoms with E-state index in [0.717, 1.165) is 36.9 Å². The van der Waals surface area contributed by atoms with Gasteiger partial charge < -0.3 is 5.32 Å². The van der Waals surface area contributed by atoms with Crippen LogP contribution >= 0.6 is 15.9 Å². The third-order valence-electron chi connectivity index (χ3n) is 3.49. The molecule has 1 aliphatic heterocycles. The third kappa shape index (κ3) is 4.06. The monoisotopic (exact) mass is 335 g/mol. The molecular formula is C15H18BrN3O. The second kappa shape index (κ2) is 6.87. The van der Waals surface area contributed by atoms with Crippen molar-refractivity contribution in [2.45, 2.75) is 32.4 Å². The molecule has 1 aromatic rings. The first kappa shape index (κ1) is 15.0. The van der Waals surface area contributed by atoms with Gasteiger partial charge in [0.25, 0.3) is 0 Å². The molecule has 0 radical (unpaired) electrons. The number of hydrogen-bond donors (Lipinski definition) is 1. The molecule has 1 saturated heterocycles. The number of benzene rings is 1. The first-order valence-corrected chi connectivity index (χ1v) is 7.56. The van der Waals surface area contributed by atoms with Crippen molar-refractivity contribution in [3.8, 4) is 6.07 Å². The third-order valence-corrected chi connectivity index (χ3v) is 4.23. The lowest BCUT2D eigenvalue weighted by Crippen LogP contribution is -2.46. The van der Waals surface area contributed by atoms with Gasteiger partial charge in [-0.3, -0.25) is 9.69 Å². The number of halogens is 1. The summed E-state index contributed by atoms with van der Waals surface area (Å²) in [5.41, 5.74) is 1.84. The van der Waals surface area contributed by atoms with Crippen molar-refractivity contribution in [2.24, 2.45) is 0 Å². The molecule has 0 aromatic heterocycles. The second-order valence-corrected chi connectivity index (χ2v) is 6.05. The van der Waals surface area contributed by atoms with Crippen LogP contribution in [0.2, 0.25) is 0 Å². The van der Waals surface area contributed by atoms with E-state index in [0.29, 0.717) is 5.56 Å². The fraction of sp³-hybridized carbons (Fsp3) is 0.467. The Morgan fingerprint density at radius 1 is 1.60 bits per heavy atom. The molecule has 0 spiro atoms. The lowest BCUT2D eigenvalue weighted by Gasteiger charge is -2.33. The molecule has 20 heavy (non-hydrogen) atoms. The van der Waals surface area contributed by atoms with Gasteiger partial charge in [-0.15, -0.1) is 0 Å². The van der Waals surface area contributed by atoms with E-state index in [4.69, 9.17) is 5.26 Å². The van der Waals surface area contributed by atoms with Crippen molar-refractivity contribution in [3.63, 3.8) is 0 Å². The van der Waals surface area contributed by atoms with Crippen molar-refractivity contribution in [1.29, 1.82) is 5.26 Å². The van der Waals surface area contributed by atoms with Crippen LogP contribution < -0.4 is 5.32 Å². The van der Waals surface area contributed by atoms with Crippen molar-refractivity contribution in [1.82, 2.24) is 10.2 Å². The zero-order valence-corrected chi connectivity index (χ0v) is 13.1. The average Bonchev–Trinajstić information content (AvgIpc) is 2.41. The minimum atomic E-state index is 0.0383. The van der Waals surface area contributed by atoms with Crippen molar-refractivity contribution >= 4 is 21.8 Å². The highest BCUT2D eigenvalue weighted by molar-refractivity contribution is 9.10. The topological polar surface area (TPSA) is 56.1 Å². The van der Waals surface area contributed by atoms with Crippen molar-refractivity contribution in [2.75, 3.05) is 13.1 Å². The zero-order chi connectivity index (χ0) is 14.5. The molecule has 1 aromatic carbocycles. The van der Waals surface area contributed by atoms with E-state index in [2.05, 4.69) is 32.2 Å². The molecule has 0 bridgehead atoms. The minimum absolute atomic E-state index is 0.0383. The van der Waals surface area contributed by atoms with E-state index >= 15 is 0 Å². The summed E-state index contributed by atoms with van der Waals surface area (Å²) < 4.78 is 0.971. The molecule has 0 unspecified atom stereocenters. The highest BCUT2D eigenvalue weighted by Crippen LogP contribution is 2.22. The highest BCUT2D eigenvalue weighted by atomic mass is 79.9. The lowest BCUT2D eigenvalue weighted by atomic mass is 10.0. The normalized spacial score (nSPS) is 19.4. The van der Waals surface area contributed by atoms with E-state index in [1.165, 1.54) is 5.56 Å². The number of carbonyl (C=O) groups is 1. The average molecular weight is 336 g/mol. The van der Waals surface area contributed by atoms with Gasteiger partial charge in [-0.25, -0.2) is 0 Å². The van der Waals surface area contributed by atoms with Gasteiger partial charge in [-0.2, -0.15) is 5.26 Å². The fourth-order valence-corrected chi connectivity index (χ4v) is 3.09. The predicted octanol–water partition coefficient (Wildman–Crippen LogP) is 2.42. The summed E-state index contributed by atoms with van der Waals surface area (Å²) in [5, 5.41) is 11.9. The van der Waals surface area contributed by atoms with Crippen LogP contribution in [0.4, 0.5) is 0 Å². The molecule has 106 valence electrons. The molecule has 0 aliphatic carbocycles. The number of nitrogens with zero attached hydrogens (tertiary/aromatic N) is 2. The maximum atomic E-state index is 11.1. The first-order valence-electron chi connectivity index (χ1n) is 6.76. The molecule has 5 heteroatoms. The van der Waals surface area contributed by atoms with Gasteiger partial charge in [0.15, 0.2) is 0 Å². The van der Waals surface area contributed by atoms with Crippen molar-refractivity contribution in [3.05, 3.63) is 33.8 Å². The molecule has 1 N–H and O–H groups in total. The summed E-state index contributed by atoms with van der Waals surface area (Å²) in [4.78, 5) is 13.5. The highest BCUT2D eigenvalue weighted by Gasteiger charge is 2.20. The molecule has 1 fully saturated rings. The van der Waals surface area contributed by atoms with E-state index < -0.39 is 0 Å². The number of nitrogens with one attached hydrogen (secondary N) is 1. The predicted molar refractivity (Wildman–Crippen MR) is 81.0 cm³/mol. The molecule has 1 aliphatic rings. The van der Waals surface area contributed by atoms with Gasteiger partial charge in [0.05, 0.1) is 11.6 Å². The zero-order valence-electron chi connectivity index (χ0n) is 11.5. The van der Waals surface area contributed by atoms with Crippen molar-refractivity contribution < 1.29 is 4.79 Å². The Hall–Kier alpha value is -1.38. The Balaban J connectivity index is 1.99. The van der Waals surface area contributed by atoms with Crippen LogP contribution in [-0.2, 0) is 11.3 Å². The van der Waals surface area contributed by atoms with E-state index in [9.17, 15) is 4.79 Å². The molecule has 4 nitrogen and oxygen atoms in total. The maximum Gasteiger partial charge on any atom is 0.217 e. The van der Waals surface area contributed by atoms with E-state index in [1.807, 2.05) is 18.2 Å². The number of hydrogen-bond acceptors (Lipinski definition) is 3. The Morgan fingerprint density at radius 2 is 2.40 bits per heavy atom. The molecular weight excluding hydrogens is 318 g/mol. The van der Waals surface area contributed by atoms with Crippen LogP contribution in [0, 0.1) is 11.3 Å². The van der Waals surface area contributed by atoms with Crippen LogP contribution in [0.25, 0.3) is 0 Å². The van der Waals surface area contributed by atoms with E-state index in [-0.39, 0.29) is 11.9 Å². The smallest absolute Gasteiger partial charge is 0.217 e. The molecule has 2 rings (SSSR count). The van der Waals surface area contributed by atoms with Crippen LogP contribution in [0.15, 0.2) is 22.7 Å². The number of amides is 1. The van der Waals surface area contributed by atoms with Crippen LogP contribution in [0.1, 0.15) is 30.9 Å². The van der Waals surface area contributed by atoms with Gasteiger partial charge in [0.1, 0.15) is 0 Å². The fourth-order valence-electron chi connectivity index (χ4n) is 2.59. The summed E-state index contributed by atoms with van der Waals surface area (Å²) in [6.07, 6.45) is 2.14. The van der Waals surface area contributed by atoms with Gasteiger partial charge >= 0.3 is 0 Å². The molecule has 1 amide bonds. The van der Waals surface area contributed by atoms with Gasteiger partial charge in [-0.05, 0) is 37.1 Å². The lowest BCUT2D eigenvalue weighted by molar-refractivity contribution is -0.120. The number of piperidine rings is 1. The Bertz CT molecular complexity index is 538. The Labute approximate surface area is 127 Å².